The summed E-state index contributed by atoms with van der Waals surface area (Å²) in [7, 11) is 0. The van der Waals surface area contributed by atoms with Crippen LogP contribution in [0.1, 0.15) is 23.2 Å². The van der Waals surface area contributed by atoms with E-state index in [0.29, 0.717) is 6.54 Å². The number of rotatable bonds is 4. The number of amides is 1. The summed E-state index contributed by atoms with van der Waals surface area (Å²) >= 11 is 0. The van der Waals surface area contributed by atoms with Crippen molar-refractivity contribution in [2.24, 2.45) is 10.9 Å². The molecule has 0 atom stereocenters. The summed E-state index contributed by atoms with van der Waals surface area (Å²) in [6, 6.07) is 1.19. The number of likely N-dealkylation sites (tertiary alicyclic amines) is 1. The molecule has 0 aromatic carbocycles. The Morgan fingerprint density at radius 2 is 2.24 bits per heavy atom. The Bertz CT molecular complexity index is 529. The molecule has 2 heterocycles. The standard InChI is InChI=1S/C13H18FN5O2/c14-10-5-9(6-16-7-10)13(20)17-11-1-3-19(4-2-11)8-12(15)18-21/h5-7,11,21H,1-4,8H2,(H2,15,18)(H,17,20). The molecule has 2 rings (SSSR count). The van der Waals surface area contributed by atoms with E-state index in [1.807, 2.05) is 4.90 Å². The maximum absolute atomic E-state index is 13.0. The fourth-order valence-electron chi connectivity index (χ4n) is 2.30. The number of hydrogen-bond donors (Lipinski definition) is 3. The monoisotopic (exact) mass is 295 g/mol. The minimum atomic E-state index is -0.531. The summed E-state index contributed by atoms with van der Waals surface area (Å²) in [5.74, 6) is -0.684. The Morgan fingerprint density at radius 3 is 2.86 bits per heavy atom. The average molecular weight is 295 g/mol. The van der Waals surface area contributed by atoms with Gasteiger partial charge in [-0.2, -0.15) is 0 Å². The molecule has 0 unspecified atom stereocenters. The fraction of sp³-hybridized carbons (Fsp3) is 0.462. The van der Waals surface area contributed by atoms with Gasteiger partial charge >= 0.3 is 0 Å². The molecule has 1 aliphatic heterocycles. The molecule has 1 saturated heterocycles. The van der Waals surface area contributed by atoms with Gasteiger partial charge in [-0.15, -0.1) is 0 Å². The zero-order chi connectivity index (χ0) is 15.2. The van der Waals surface area contributed by atoms with Crippen molar-refractivity contribution >= 4 is 11.7 Å². The molecule has 1 aliphatic rings. The van der Waals surface area contributed by atoms with Crippen molar-refractivity contribution in [1.82, 2.24) is 15.2 Å². The molecule has 0 spiro atoms. The van der Waals surface area contributed by atoms with Crippen molar-refractivity contribution in [2.75, 3.05) is 19.6 Å². The van der Waals surface area contributed by atoms with Crippen molar-refractivity contribution in [3.8, 4) is 0 Å². The van der Waals surface area contributed by atoms with Gasteiger partial charge in [-0.3, -0.25) is 14.7 Å². The second kappa shape index (κ2) is 6.98. The predicted octanol–water partition coefficient (Wildman–Crippen LogP) is 0.161. The smallest absolute Gasteiger partial charge is 0.253 e. The van der Waals surface area contributed by atoms with E-state index in [1.54, 1.807) is 0 Å². The van der Waals surface area contributed by atoms with E-state index in [-0.39, 0.29) is 23.3 Å². The van der Waals surface area contributed by atoms with Crippen LogP contribution in [0.3, 0.4) is 0 Å². The van der Waals surface area contributed by atoms with Crippen LogP contribution in [0.15, 0.2) is 23.6 Å². The average Bonchev–Trinajstić information content (AvgIpc) is 2.49. The molecule has 0 aliphatic carbocycles. The van der Waals surface area contributed by atoms with Crippen LogP contribution in [-0.2, 0) is 0 Å². The zero-order valence-electron chi connectivity index (χ0n) is 11.5. The molecule has 0 bridgehead atoms. The van der Waals surface area contributed by atoms with Crippen LogP contribution >= 0.6 is 0 Å². The third-order valence-corrected chi connectivity index (χ3v) is 3.40. The molecule has 21 heavy (non-hydrogen) atoms. The molecule has 114 valence electrons. The minimum absolute atomic E-state index is 0.0318. The summed E-state index contributed by atoms with van der Waals surface area (Å²) in [6.07, 6.45) is 3.91. The number of carbonyl (C=O) groups excluding carboxylic acids is 1. The van der Waals surface area contributed by atoms with Crippen molar-refractivity contribution in [1.29, 1.82) is 0 Å². The number of oxime groups is 1. The number of nitrogens with zero attached hydrogens (tertiary/aromatic N) is 3. The maximum Gasteiger partial charge on any atom is 0.253 e. The van der Waals surface area contributed by atoms with Gasteiger partial charge in [-0.05, 0) is 18.9 Å². The second-order valence-corrected chi connectivity index (χ2v) is 5.01. The first kappa shape index (κ1) is 15.2. The number of pyridine rings is 1. The lowest BCUT2D eigenvalue weighted by Crippen LogP contribution is -2.46. The van der Waals surface area contributed by atoms with E-state index < -0.39 is 5.82 Å². The number of aromatic nitrogens is 1. The first-order chi connectivity index (χ1) is 10.1. The minimum Gasteiger partial charge on any atom is -0.409 e. The zero-order valence-corrected chi connectivity index (χ0v) is 11.5. The van der Waals surface area contributed by atoms with Crippen molar-refractivity contribution in [2.45, 2.75) is 18.9 Å². The normalized spacial score (nSPS) is 17.7. The first-order valence-corrected chi connectivity index (χ1v) is 6.68. The van der Waals surface area contributed by atoms with E-state index in [9.17, 15) is 9.18 Å². The largest absolute Gasteiger partial charge is 0.409 e. The van der Waals surface area contributed by atoms with E-state index in [0.717, 1.165) is 38.2 Å². The SMILES string of the molecule is N/C(CN1CCC(NC(=O)c2cncc(F)c2)CC1)=N/O. The lowest BCUT2D eigenvalue weighted by Gasteiger charge is -2.31. The van der Waals surface area contributed by atoms with E-state index >= 15 is 0 Å². The molecule has 1 amide bonds. The molecular weight excluding hydrogens is 277 g/mol. The summed E-state index contributed by atoms with van der Waals surface area (Å²) in [6.45, 7) is 1.89. The van der Waals surface area contributed by atoms with E-state index in [2.05, 4.69) is 15.5 Å². The van der Waals surface area contributed by atoms with Gasteiger partial charge in [-0.1, -0.05) is 5.16 Å². The van der Waals surface area contributed by atoms with Crippen LogP contribution in [0.2, 0.25) is 0 Å². The van der Waals surface area contributed by atoms with Gasteiger partial charge in [0.05, 0.1) is 18.3 Å². The molecule has 1 fully saturated rings. The van der Waals surface area contributed by atoms with Gasteiger partial charge in [0.1, 0.15) is 5.82 Å². The molecule has 7 nitrogen and oxygen atoms in total. The van der Waals surface area contributed by atoms with Gasteiger partial charge in [0.15, 0.2) is 5.84 Å². The number of amidine groups is 1. The highest BCUT2D eigenvalue weighted by Gasteiger charge is 2.21. The van der Waals surface area contributed by atoms with Crippen molar-refractivity contribution < 1.29 is 14.4 Å². The predicted molar refractivity (Wildman–Crippen MR) is 74.5 cm³/mol. The number of piperidine rings is 1. The highest BCUT2D eigenvalue weighted by Crippen LogP contribution is 2.11. The van der Waals surface area contributed by atoms with Crippen LogP contribution < -0.4 is 11.1 Å². The number of nitrogens with two attached hydrogens (primary N) is 1. The lowest BCUT2D eigenvalue weighted by atomic mass is 10.0. The molecular formula is C13H18FN5O2. The van der Waals surface area contributed by atoms with Crippen molar-refractivity contribution in [3.05, 3.63) is 29.8 Å². The number of nitrogens with one attached hydrogen (secondary N) is 1. The Labute approximate surface area is 121 Å². The Balaban J connectivity index is 1.82. The van der Waals surface area contributed by atoms with E-state index in [1.165, 1.54) is 6.20 Å². The number of hydrogen-bond acceptors (Lipinski definition) is 5. The fourth-order valence-corrected chi connectivity index (χ4v) is 2.30. The van der Waals surface area contributed by atoms with Gasteiger partial charge in [0.2, 0.25) is 0 Å². The van der Waals surface area contributed by atoms with E-state index in [4.69, 9.17) is 10.9 Å². The summed E-state index contributed by atoms with van der Waals surface area (Å²) in [4.78, 5) is 17.7. The van der Waals surface area contributed by atoms with Gasteiger partial charge < -0.3 is 16.3 Å². The topological polar surface area (TPSA) is 104 Å². The van der Waals surface area contributed by atoms with Gasteiger partial charge in [-0.25, -0.2) is 4.39 Å². The number of halogens is 1. The first-order valence-electron chi connectivity index (χ1n) is 6.68. The van der Waals surface area contributed by atoms with Crippen molar-refractivity contribution in [3.63, 3.8) is 0 Å². The lowest BCUT2D eigenvalue weighted by molar-refractivity contribution is 0.0914. The van der Waals surface area contributed by atoms with Crippen LogP contribution in [0.5, 0.6) is 0 Å². The summed E-state index contributed by atoms with van der Waals surface area (Å²) < 4.78 is 13.0. The Hall–Kier alpha value is -2.22. The third-order valence-electron chi connectivity index (χ3n) is 3.40. The molecule has 0 radical (unpaired) electrons. The summed E-state index contributed by atoms with van der Waals surface area (Å²) in [5, 5.41) is 14.3. The van der Waals surface area contributed by atoms with Crippen LogP contribution in [0.25, 0.3) is 0 Å². The Morgan fingerprint density at radius 1 is 1.52 bits per heavy atom. The molecule has 8 heteroatoms. The maximum atomic E-state index is 13.0. The Kier molecular flexibility index (Phi) is 5.04. The van der Waals surface area contributed by atoms with Gasteiger partial charge in [0.25, 0.3) is 5.91 Å². The third kappa shape index (κ3) is 4.38. The van der Waals surface area contributed by atoms with Crippen LogP contribution in [0.4, 0.5) is 4.39 Å². The quantitative estimate of drug-likeness (QED) is 0.318. The highest BCUT2D eigenvalue weighted by molar-refractivity contribution is 5.94. The second-order valence-electron chi connectivity index (χ2n) is 5.01. The molecule has 0 saturated carbocycles. The molecule has 4 N–H and O–H groups in total. The van der Waals surface area contributed by atoms with Crippen LogP contribution in [0, 0.1) is 5.82 Å². The van der Waals surface area contributed by atoms with Crippen LogP contribution in [-0.4, -0.2) is 52.5 Å². The highest BCUT2D eigenvalue weighted by atomic mass is 19.1. The molecule has 1 aromatic heterocycles. The number of carbonyl (C=O) groups is 1. The molecule has 1 aromatic rings. The van der Waals surface area contributed by atoms with Gasteiger partial charge in [0, 0.05) is 25.3 Å². The summed E-state index contributed by atoms with van der Waals surface area (Å²) in [5.41, 5.74) is 5.67.